The normalized spacial score (nSPS) is 11.5. The van der Waals surface area contributed by atoms with Crippen LogP contribution in [-0.4, -0.2) is 23.5 Å². The highest BCUT2D eigenvalue weighted by Crippen LogP contribution is 2.21. The Morgan fingerprint density at radius 3 is 2.38 bits per heavy atom. The molecule has 0 aromatic heterocycles. The smallest absolute Gasteiger partial charge is 0.326 e. The first-order chi connectivity index (χ1) is 13.9. The SMILES string of the molecule is N#Cc1ccc(CN(CC(F)(F)F)C(=O)/C=C/c2cccc3ccccc23)cc1. The van der Waals surface area contributed by atoms with E-state index in [1.807, 2.05) is 42.5 Å². The molecule has 0 saturated carbocycles. The van der Waals surface area contributed by atoms with Gasteiger partial charge in [0.2, 0.25) is 5.91 Å². The third kappa shape index (κ3) is 5.45. The molecule has 0 radical (unpaired) electrons. The highest BCUT2D eigenvalue weighted by Gasteiger charge is 2.32. The van der Waals surface area contributed by atoms with Crippen molar-refractivity contribution in [2.75, 3.05) is 6.54 Å². The summed E-state index contributed by atoms with van der Waals surface area (Å²) in [4.78, 5) is 13.3. The zero-order valence-electron chi connectivity index (χ0n) is 15.4. The fraction of sp³-hybridized carbons (Fsp3) is 0.130. The molecule has 3 rings (SSSR count). The lowest BCUT2D eigenvalue weighted by atomic mass is 10.0. The molecule has 0 aliphatic rings. The van der Waals surface area contributed by atoms with Gasteiger partial charge in [0.05, 0.1) is 11.6 Å². The molecule has 6 heteroatoms. The summed E-state index contributed by atoms with van der Waals surface area (Å²) >= 11 is 0. The van der Waals surface area contributed by atoms with E-state index in [4.69, 9.17) is 5.26 Å². The Morgan fingerprint density at radius 2 is 1.69 bits per heavy atom. The second-order valence-electron chi connectivity index (χ2n) is 6.52. The molecule has 3 aromatic carbocycles. The molecular weight excluding hydrogens is 377 g/mol. The van der Waals surface area contributed by atoms with Gasteiger partial charge in [0, 0.05) is 12.6 Å². The minimum absolute atomic E-state index is 0.204. The Bertz CT molecular complexity index is 1070. The molecule has 0 unspecified atom stereocenters. The summed E-state index contributed by atoms with van der Waals surface area (Å²) in [7, 11) is 0. The Labute approximate surface area is 166 Å². The predicted octanol–water partition coefficient (Wildman–Crippen LogP) is 5.32. The number of halogens is 3. The second-order valence-corrected chi connectivity index (χ2v) is 6.52. The molecule has 3 nitrogen and oxygen atoms in total. The van der Waals surface area contributed by atoms with Crippen LogP contribution in [0.3, 0.4) is 0 Å². The number of nitriles is 1. The van der Waals surface area contributed by atoms with Crippen LogP contribution in [0.25, 0.3) is 16.8 Å². The largest absolute Gasteiger partial charge is 0.406 e. The fourth-order valence-electron chi connectivity index (χ4n) is 3.00. The summed E-state index contributed by atoms with van der Waals surface area (Å²) in [6, 6.07) is 21.2. The minimum atomic E-state index is -4.52. The molecule has 0 N–H and O–H groups in total. The van der Waals surface area contributed by atoms with Crippen LogP contribution in [0.1, 0.15) is 16.7 Å². The number of hydrogen-bond donors (Lipinski definition) is 0. The van der Waals surface area contributed by atoms with E-state index in [0.29, 0.717) is 11.1 Å². The maximum Gasteiger partial charge on any atom is 0.406 e. The number of carbonyl (C=O) groups is 1. The first kappa shape index (κ1) is 20.2. The maximum atomic E-state index is 13.0. The average molecular weight is 394 g/mol. The summed E-state index contributed by atoms with van der Waals surface area (Å²) in [6.45, 7) is -1.56. The van der Waals surface area contributed by atoms with Crippen molar-refractivity contribution in [3.05, 3.63) is 89.5 Å². The van der Waals surface area contributed by atoms with Crippen molar-refractivity contribution in [2.45, 2.75) is 12.7 Å². The van der Waals surface area contributed by atoms with Crippen LogP contribution in [0.15, 0.2) is 72.8 Å². The zero-order chi connectivity index (χ0) is 20.9. The number of rotatable bonds is 5. The van der Waals surface area contributed by atoms with Crippen LogP contribution in [0, 0.1) is 11.3 Å². The van der Waals surface area contributed by atoms with Crippen LogP contribution < -0.4 is 0 Å². The van der Waals surface area contributed by atoms with Crippen molar-refractivity contribution in [1.82, 2.24) is 4.90 Å². The summed E-state index contributed by atoms with van der Waals surface area (Å²) in [5.41, 5.74) is 1.67. The molecule has 146 valence electrons. The molecule has 0 bridgehead atoms. The Balaban J connectivity index is 1.83. The molecular formula is C23H17F3N2O. The highest BCUT2D eigenvalue weighted by molar-refractivity contribution is 5.96. The van der Waals surface area contributed by atoms with Crippen molar-refractivity contribution >= 4 is 22.8 Å². The van der Waals surface area contributed by atoms with Crippen molar-refractivity contribution in [2.24, 2.45) is 0 Å². The number of hydrogen-bond acceptors (Lipinski definition) is 2. The Morgan fingerprint density at radius 1 is 1.00 bits per heavy atom. The standard InChI is InChI=1S/C23H17F3N2O/c24-23(25,26)16-28(15-18-10-8-17(14-27)9-11-18)22(29)13-12-20-6-3-5-19-4-1-2-7-21(19)20/h1-13H,15-16H2/b13-12+. The van der Waals surface area contributed by atoms with Gasteiger partial charge in [0.1, 0.15) is 6.54 Å². The third-order valence-electron chi connectivity index (χ3n) is 4.37. The van der Waals surface area contributed by atoms with Gasteiger partial charge in [-0.25, -0.2) is 0 Å². The molecule has 0 atom stereocenters. The van der Waals surface area contributed by atoms with Gasteiger partial charge in [0.15, 0.2) is 0 Å². The van der Waals surface area contributed by atoms with E-state index in [-0.39, 0.29) is 6.54 Å². The lowest BCUT2D eigenvalue weighted by molar-refractivity contribution is -0.159. The first-order valence-corrected chi connectivity index (χ1v) is 8.86. The van der Waals surface area contributed by atoms with Gasteiger partial charge < -0.3 is 4.90 Å². The first-order valence-electron chi connectivity index (χ1n) is 8.86. The second kappa shape index (κ2) is 8.61. The quantitative estimate of drug-likeness (QED) is 0.550. The van der Waals surface area contributed by atoms with E-state index in [1.54, 1.807) is 18.2 Å². The number of amides is 1. The van der Waals surface area contributed by atoms with Gasteiger partial charge in [-0.2, -0.15) is 18.4 Å². The summed E-state index contributed by atoms with van der Waals surface area (Å²) in [6.07, 6.45) is -1.82. The lowest BCUT2D eigenvalue weighted by Crippen LogP contribution is -2.37. The van der Waals surface area contributed by atoms with E-state index in [9.17, 15) is 18.0 Å². The number of alkyl halides is 3. The molecule has 0 heterocycles. The van der Waals surface area contributed by atoms with Crippen LogP contribution in [0.4, 0.5) is 13.2 Å². The minimum Gasteiger partial charge on any atom is -0.326 e. The number of benzene rings is 3. The number of carbonyl (C=O) groups excluding carboxylic acids is 1. The van der Waals surface area contributed by atoms with Gasteiger partial charge in [-0.05, 0) is 40.1 Å². The van der Waals surface area contributed by atoms with Gasteiger partial charge in [-0.15, -0.1) is 0 Å². The molecule has 29 heavy (non-hydrogen) atoms. The summed E-state index contributed by atoms with van der Waals surface area (Å²) in [5, 5.41) is 10.7. The maximum absolute atomic E-state index is 13.0. The van der Waals surface area contributed by atoms with E-state index in [1.165, 1.54) is 18.2 Å². The average Bonchev–Trinajstić information content (AvgIpc) is 2.71. The van der Waals surface area contributed by atoms with E-state index in [0.717, 1.165) is 27.3 Å². The Hall–Kier alpha value is -3.59. The molecule has 0 spiro atoms. The van der Waals surface area contributed by atoms with Crippen LogP contribution >= 0.6 is 0 Å². The van der Waals surface area contributed by atoms with E-state index < -0.39 is 18.6 Å². The highest BCUT2D eigenvalue weighted by atomic mass is 19.4. The lowest BCUT2D eigenvalue weighted by Gasteiger charge is -2.23. The van der Waals surface area contributed by atoms with Crippen molar-refractivity contribution in [3.8, 4) is 6.07 Å². The zero-order valence-corrected chi connectivity index (χ0v) is 15.4. The van der Waals surface area contributed by atoms with Crippen LogP contribution in [0.2, 0.25) is 0 Å². The summed E-state index contributed by atoms with van der Waals surface area (Å²) < 4.78 is 39.0. The molecule has 3 aromatic rings. The monoisotopic (exact) mass is 394 g/mol. The third-order valence-corrected chi connectivity index (χ3v) is 4.37. The summed E-state index contributed by atoms with van der Waals surface area (Å²) in [5.74, 6) is -0.736. The van der Waals surface area contributed by atoms with E-state index in [2.05, 4.69) is 0 Å². The van der Waals surface area contributed by atoms with Gasteiger partial charge >= 0.3 is 6.18 Å². The van der Waals surface area contributed by atoms with Crippen LogP contribution in [0.5, 0.6) is 0 Å². The van der Waals surface area contributed by atoms with Gasteiger partial charge in [-0.1, -0.05) is 54.6 Å². The van der Waals surface area contributed by atoms with Crippen molar-refractivity contribution in [3.63, 3.8) is 0 Å². The number of nitrogens with zero attached hydrogens (tertiary/aromatic N) is 2. The molecule has 0 aliphatic carbocycles. The van der Waals surface area contributed by atoms with Crippen LogP contribution in [-0.2, 0) is 11.3 Å². The molecule has 1 amide bonds. The fourth-order valence-corrected chi connectivity index (χ4v) is 3.00. The topological polar surface area (TPSA) is 44.1 Å². The molecule has 0 aliphatic heterocycles. The number of fused-ring (bicyclic) bond motifs is 1. The van der Waals surface area contributed by atoms with Crippen molar-refractivity contribution in [1.29, 1.82) is 5.26 Å². The van der Waals surface area contributed by atoms with E-state index >= 15 is 0 Å². The Kier molecular flexibility index (Phi) is 5.99. The van der Waals surface area contributed by atoms with Gasteiger partial charge in [0.25, 0.3) is 0 Å². The van der Waals surface area contributed by atoms with Gasteiger partial charge in [-0.3, -0.25) is 4.79 Å². The predicted molar refractivity (Wildman–Crippen MR) is 106 cm³/mol. The molecule has 0 fully saturated rings. The molecule has 0 saturated heterocycles. The van der Waals surface area contributed by atoms with Crippen molar-refractivity contribution < 1.29 is 18.0 Å².